The van der Waals surface area contributed by atoms with Crippen molar-refractivity contribution in [3.8, 4) is 0 Å². The number of thioether (sulfide) groups is 2. The van der Waals surface area contributed by atoms with Crippen molar-refractivity contribution in [3.63, 3.8) is 0 Å². The summed E-state index contributed by atoms with van der Waals surface area (Å²) in [4.78, 5) is 17.6. The molecule has 1 N–H and O–H groups in total. The van der Waals surface area contributed by atoms with Crippen LogP contribution in [-0.2, 0) is 4.79 Å². The highest BCUT2D eigenvalue weighted by Crippen LogP contribution is 2.49. The van der Waals surface area contributed by atoms with Crippen molar-refractivity contribution in [1.29, 1.82) is 5.41 Å². The lowest BCUT2D eigenvalue weighted by molar-refractivity contribution is -0.121. The monoisotopic (exact) mass is 303 g/mol. The van der Waals surface area contributed by atoms with Crippen LogP contribution in [0.15, 0.2) is 51.8 Å². The first-order chi connectivity index (χ1) is 9.63. The van der Waals surface area contributed by atoms with Crippen LogP contribution in [0.25, 0.3) is 0 Å². The van der Waals surface area contributed by atoms with Crippen LogP contribution in [0.2, 0.25) is 0 Å². The number of carbonyl (C=O) groups is 1. The molecule has 0 atom stereocenters. The number of hydrogen-bond donors (Lipinski definition) is 1. The van der Waals surface area contributed by atoms with Gasteiger partial charge in [-0.3, -0.25) is 15.1 Å². The molecule has 6 heteroatoms. The Labute approximate surface area is 126 Å². The van der Waals surface area contributed by atoms with Crippen LogP contribution in [-0.4, -0.2) is 29.6 Å². The molecule has 2 aliphatic rings. The number of nitrogens with one attached hydrogen (secondary N) is 1. The first-order valence-electron chi connectivity index (χ1n) is 6.07. The summed E-state index contributed by atoms with van der Waals surface area (Å²) < 4.78 is 0. The molecule has 1 amide bonds. The van der Waals surface area contributed by atoms with E-state index in [2.05, 4.69) is 6.58 Å². The molecule has 2 aliphatic heterocycles. The number of anilines is 1. The minimum atomic E-state index is -0.109. The fraction of sp³-hybridized carbons (Fsp3) is 0.143. The van der Waals surface area contributed by atoms with Crippen LogP contribution in [0.5, 0.6) is 0 Å². The first-order valence-corrected chi connectivity index (χ1v) is 7.71. The molecule has 102 valence electrons. The van der Waals surface area contributed by atoms with E-state index in [0.29, 0.717) is 11.4 Å². The molecule has 1 aromatic rings. The van der Waals surface area contributed by atoms with Gasteiger partial charge < -0.3 is 4.90 Å². The van der Waals surface area contributed by atoms with E-state index in [1.54, 1.807) is 17.8 Å². The van der Waals surface area contributed by atoms with Gasteiger partial charge >= 0.3 is 0 Å². The quantitative estimate of drug-likeness (QED) is 0.674. The molecule has 0 saturated carbocycles. The fourth-order valence-electron chi connectivity index (χ4n) is 2.14. The van der Waals surface area contributed by atoms with Crippen molar-refractivity contribution in [3.05, 3.63) is 46.9 Å². The van der Waals surface area contributed by atoms with Gasteiger partial charge in [0.1, 0.15) is 4.91 Å². The Bertz CT molecular complexity index is 654. The van der Waals surface area contributed by atoms with Gasteiger partial charge in [0.15, 0.2) is 5.17 Å². The Morgan fingerprint density at radius 2 is 2.10 bits per heavy atom. The highest BCUT2D eigenvalue weighted by Gasteiger charge is 2.37. The third kappa shape index (κ3) is 1.96. The molecule has 0 aromatic heterocycles. The van der Waals surface area contributed by atoms with E-state index in [4.69, 9.17) is 5.41 Å². The standard InChI is InChI=1S/C14H13N3OS2/c1-3-8-17-12(18)11(20-14(17)15)13-16(2)9-6-4-5-7-10(9)19-13/h3-7,15H,1,8H2,2H3/b13-11-,15-14?. The maximum Gasteiger partial charge on any atom is 0.269 e. The van der Waals surface area contributed by atoms with Gasteiger partial charge in [-0.15, -0.1) is 6.58 Å². The van der Waals surface area contributed by atoms with E-state index in [1.165, 1.54) is 16.7 Å². The number of carbonyl (C=O) groups excluding carboxylic acids is 1. The van der Waals surface area contributed by atoms with Crippen molar-refractivity contribution in [2.24, 2.45) is 0 Å². The summed E-state index contributed by atoms with van der Waals surface area (Å²) in [6.07, 6.45) is 1.64. The number of amides is 1. The highest BCUT2D eigenvalue weighted by atomic mass is 32.2. The number of nitrogens with zero attached hydrogens (tertiary/aromatic N) is 2. The SMILES string of the molecule is C=CCN1C(=N)S/C(=C2\Sc3ccccc3N2C)C1=O. The second-order valence-electron chi connectivity index (χ2n) is 4.37. The number of benzene rings is 1. The smallest absolute Gasteiger partial charge is 0.269 e. The van der Waals surface area contributed by atoms with Gasteiger partial charge in [0.2, 0.25) is 0 Å². The summed E-state index contributed by atoms with van der Waals surface area (Å²) in [5.41, 5.74) is 1.10. The number of para-hydroxylation sites is 1. The first kappa shape index (κ1) is 13.3. The lowest BCUT2D eigenvalue weighted by atomic mass is 10.3. The van der Waals surface area contributed by atoms with Crippen LogP contribution in [0.1, 0.15) is 0 Å². The summed E-state index contributed by atoms with van der Waals surface area (Å²) in [6, 6.07) is 8.05. The third-order valence-electron chi connectivity index (χ3n) is 3.13. The molecule has 0 radical (unpaired) electrons. The number of amidine groups is 1. The number of fused-ring (bicyclic) bond motifs is 1. The van der Waals surface area contributed by atoms with E-state index >= 15 is 0 Å². The van der Waals surface area contributed by atoms with E-state index in [0.717, 1.165) is 15.6 Å². The van der Waals surface area contributed by atoms with Crippen molar-refractivity contribution < 1.29 is 4.79 Å². The maximum atomic E-state index is 12.4. The zero-order valence-electron chi connectivity index (χ0n) is 10.9. The molecule has 0 unspecified atom stereocenters. The van der Waals surface area contributed by atoms with E-state index in [-0.39, 0.29) is 11.1 Å². The summed E-state index contributed by atoms with van der Waals surface area (Å²) in [5, 5.41) is 9.09. The minimum absolute atomic E-state index is 0.109. The van der Waals surface area contributed by atoms with Gasteiger partial charge in [0.25, 0.3) is 5.91 Å². The van der Waals surface area contributed by atoms with E-state index in [9.17, 15) is 4.79 Å². The molecule has 1 fully saturated rings. The van der Waals surface area contributed by atoms with Crippen molar-refractivity contribution in [1.82, 2.24) is 4.90 Å². The molecule has 20 heavy (non-hydrogen) atoms. The van der Waals surface area contributed by atoms with Crippen molar-refractivity contribution in [2.45, 2.75) is 4.90 Å². The Morgan fingerprint density at radius 3 is 2.80 bits per heavy atom. The molecule has 0 aliphatic carbocycles. The predicted octanol–water partition coefficient (Wildman–Crippen LogP) is 3.09. The Balaban J connectivity index is 2.00. The fourth-order valence-corrected chi connectivity index (χ4v) is 4.35. The number of hydrogen-bond acceptors (Lipinski definition) is 5. The van der Waals surface area contributed by atoms with Crippen LogP contribution in [0.3, 0.4) is 0 Å². The van der Waals surface area contributed by atoms with Gasteiger partial charge in [-0.1, -0.05) is 30.0 Å². The molecule has 4 nitrogen and oxygen atoms in total. The molecule has 0 spiro atoms. The zero-order valence-corrected chi connectivity index (χ0v) is 12.6. The Morgan fingerprint density at radius 1 is 1.35 bits per heavy atom. The molecular formula is C14H13N3OS2. The average molecular weight is 303 g/mol. The van der Waals surface area contributed by atoms with Crippen molar-refractivity contribution in [2.75, 3.05) is 18.5 Å². The predicted molar refractivity (Wildman–Crippen MR) is 85.0 cm³/mol. The lowest BCUT2D eigenvalue weighted by Gasteiger charge is -2.15. The second kappa shape index (κ2) is 5.03. The van der Waals surface area contributed by atoms with Crippen LogP contribution >= 0.6 is 23.5 Å². The lowest BCUT2D eigenvalue weighted by Crippen LogP contribution is -2.29. The second-order valence-corrected chi connectivity index (χ2v) is 6.40. The highest BCUT2D eigenvalue weighted by molar-refractivity contribution is 8.19. The Hall–Kier alpha value is -1.66. The minimum Gasteiger partial charge on any atom is -0.337 e. The average Bonchev–Trinajstić information content (AvgIpc) is 2.92. The summed E-state index contributed by atoms with van der Waals surface area (Å²) in [5.74, 6) is -0.109. The molecule has 0 bridgehead atoms. The van der Waals surface area contributed by atoms with Crippen LogP contribution in [0.4, 0.5) is 5.69 Å². The van der Waals surface area contributed by atoms with Gasteiger partial charge in [-0.25, -0.2) is 0 Å². The van der Waals surface area contributed by atoms with Gasteiger partial charge in [-0.05, 0) is 23.9 Å². The van der Waals surface area contributed by atoms with Crippen LogP contribution < -0.4 is 4.90 Å². The third-order valence-corrected chi connectivity index (χ3v) is 5.48. The zero-order chi connectivity index (χ0) is 14.3. The number of rotatable bonds is 2. The molecule has 3 rings (SSSR count). The maximum absolute atomic E-state index is 12.4. The topological polar surface area (TPSA) is 47.4 Å². The largest absolute Gasteiger partial charge is 0.337 e. The molecule has 1 saturated heterocycles. The normalized spacial score (nSPS) is 21.6. The van der Waals surface area contributed by atoms with Crippen molar-refractivity contribution >= 4 is 40.3 Å². The molecule has 2 heterocycles. The van der Waals surface area contributed by atoms with E-state index in [1.807, 2.05) is 36.2 Å². The molecular weight excluding hydrogens is 290 g/mol. The summed E-state index contributed by atoms with van der Waals surface area (Å²) in [7, 11) is 1.95. The Kier molecular flexibility index (Phi) is 3.35. The summed E-state index contributed by atoms with van der Waals surface area (Å²) in [6.45, 7) is 4.01. The van der Waals surface area contributed by atoms with Gasteiger partial charge in [0, 0.05) is 18.5 Å². The van der Waals surface area contributed by atoms with Crippen LogP contribution in [0, 0.1) is 5.41 Å². The van der Waals surface area contributed by atoms with Gasteiger partial charge in [0.05, 0.1) is 10.7 Å². The molecule has 1 aromatic carbocycles. The van der Waals surface area contributed by atoms with E-state index < -0.39 is 0 Å². The van der Waals surface area contributed by atoms with Gasteiger partial charge in [-0.2, -0.15) is 0 Å². The summed E-state index contributed by atoms with van der Waals surface area (Å²) >= 11 is 2.80.